The first-order valence-corrected chi connectivity index (χ1v) is 14.3. The SMILES string of the molecule is CC(F)Oc1cccc(-c2nn(C3CCO[C@@H](C(F)(F)F)C3)c3cc(C(=O)CC4(C)CS(=O)(=O)C4)cnc23)c1. The van der Waals surface area contributed by atoms with Gasteiger partial charge >= 0.3 is 6.18 Å². The van der Waals surface area contributed by atoms with Crippen LogP contribution in [0.4, 0.5) is 17.6 Å². The molecular formula is C26H27F4N3O5S. The molecule has 2 aliphatic rings. The van der Waals surface area contributed by atoms with Gasteiger partial charge < -0.3 is 9.47 Å². The number of nitrogens with zero attached hydrogens (tertiary/aromatic N) is 3. The number of halogens is 4. The number of hydrogen-bond donors (Lipinski definition) is 0. The highest BCUT2D eigenvalue weighted by Gasteiger charge is 2.46. The highest BCUT2D eigenvalue weighted by atomic mass is 32.2. The van der Waals surface area contributed by atoms with Crippen LogP contribution in [0.2, 0.25) is 0 Å². The van der Waals surface area contributed by atoms with Crippen molar-refractivity contribution in [3.05, 3.63) is 42.1 Å². The summed E-state index contributed by atoms with van der Waals surface area (Å²) in [6, 6.07) is 7.31. The zero-order valence-electron chi connectivity index (χ0n) is 21.2. The van der Waals surface area contributed by atoms with E-state index in [2.05, 4.69) is 10.1 Å². The molecule has 5 rings (SSSR count). The summed E-state index contributed by atoms with van der Waals surface area (Å²) in [4.78, 5) is 17.6. The summed E-state index contributed by atoms with van der Waals surface area (Å²) >= 11 is 0. The molecule has 8 nitrogen and oxygen atoms in total. The minimum Gasteiger partial charge on any atom is -0.461 e. The number of alkyl halides is 4. The zero-order valence-corrected chi connectivity index (χ0v) is 22.1. The van der Waals surface area contributed by atoms with Gasteiger partial charge in [0.25, 0.3) is 0 Å². The number of carbonyl (C=O) groups excluding carboxylic acids is 1. The Bertz CT molecular complexity index is 1510. The second kappa shape index (κ2) is 9.84. The van der Waals surface area contributed by atoms with E-state index in [4.69, 9.17) is 9.47 Å². The van der Waals surface area contributed by atoms with Crippen molar-refractivity contribution in [1.82, 2.24) is 14.8 Å². The van der Waals surface area contributed by atoms with Gasteiger partial charge in [-0.15, -0.1) is 0 Å². The van der Waals surface area contributed by atoms with Crippen LogP contribution in [-0.4, -0.2) is 65.7 Å². The van der Waals surface area contributed by atoms with E-state index in [1.165, 1.54) is 17.8 Å². The highest BCUT2D eigenvalue weighted by molar-refractivity contribution is 7.92. The lowest BCUT2D eigenvalue weighted by Gasteiger charge is -2.37. The average molecular weight is 570 g/mol. The van der Waals surface area contributed by atoms with Crippen LogP contribution in [-0.2, 0) is 14.6 Å². The molecular weight excluding hydrogens is 542 g/mol. The molecule has 1 aromatic carbocycles. The number of hydrogen-bond acceptors (Lipinski definition) is 7. The predicted molar refractivity (Wildman–Crippen MR) is 134 cm³/mol. The maximum atomic E-state index is 13.5. The summed E-state index contributed by atoms with van der Waals surface area (Å²) in [7, 11) is -3.15. The molecule has 4 heterocycles. The van der Waals surface area contributed by atoms with Crippen LogP contribution in [0.3, 0.4) is 0 Å². The first kappa shape index (κ1) is 27.5. The molecule has 0 aliphatic carbocycles. The fourth-order valence-corrected chi connectivity index (χ4v) is 7.63. The smallest absolute Gasteiger partial charge is 0.414 e. The molecule has 210 valence electrons. The number of fused-ring (bicyclic) bond motifs is 1. The molecule has 2 fully saturated rings. The van der Waals surface area contributed by atoms with Crippen molar-refractivity contribution in [3.63, 3.8) is 0 Å². The van der Waals surface area contributed by atoms with Crippen LogP contribution in [0.1, 0.15) is 49.5 Å². The van der Waals surface area contributed by atoms with E-state index >= 15 is 0 Å². The molecule has 3 atom stereocenters. The Kier molecular flexibility index (Phi) is 6.94. The number of pyridine rings is 1. The zero-order chi connectivity index (χ0) is 28.2. The van der Waals surface area contributed by atoms with Gasteiger partial charge in [-0.2, -0.15) is 18.3 Å². The molecule has 0 radical (unpaired) electrons. The van der Waals surface area contributed by atoms with Gasteiger partial charge in [-0.1, -0.05) is 19.1 Å². The van der Waals surface area contributed by atoms with Gasteiger partial charge in [0, 0.05) is 49.1 Å². The number of ether oxygens (including phenoxy) is 2. The number of rotatable bonds is 7. The summed E-state index contributed by atoms with van der Waals surface area (Å²) in [6.07, 6.45) is -6.81. The number of carbonyl (C=O) groups is 1. The van der Waals surface area contributed by atoms with E-state index in [1.807, 2.05) is 0 Å². The van der Waals surface area contributed by atoms with Crippen molar-refractivity contribution < 1.29 is 40.2 Å². The second-order valence-electron chi connectivity index (χ2n) is 10.6. The van der Waals surface area contributed by atoms with E-state index in [1.54, 1.807) is 37.3 Å². The third-order valence-electron chi connectivity index (χ3n) is 6.97. The van der Waals surface area contributed by atoms with Crippen molar-refractivity contribution in [1.29, 1.82) is 0 Å². The Labute approximate surface area is 222 Å². The summed E-state index contributed by atoms with van der Waals surface area (Å²) in [5.74, 6) is -0.242. The Balaban J connectivity index is 1.56. The van der Waals surface area contributed by atoms with E-state index < -0.39 is 39.9 Å². The average Bonchev–Trinajstić information content (AvgIpc) is 3.21. The fraction of sp³-hybridized carbons (Fsp3) is 0.500. The first-order chi connectivity index (χ1) is 18.2. The number of ketones is 1. The molecule has 0 amide bonds. The molecule has 0 spiro atoms. The van der Waals surface area contributed by atoms with Gasteiger partial charge in [-0.25, -0.2) is 12.8 Å². The largest absolute Gasteiger partial charge is 0.461 e. The van der Waals surface area contributed by atoms with Crippen LogP contribution in [0, 0.1) is 5.41 Å². The minimum absolute atomic E-state index is 0.00533. The molecule has 2 saturated heterocycles. The Morgan fingerprint density at radius 3 is 2.69 bits per heavy atom. The fourth-order valence-electron chi connectivity index (χ4n) is 5.39. The molecule has 2 aliphatic heterocycles. The Hall–Kier alpha value is -3.06. The van der Waals surface area contributed by atoms with E-state index in [9.17, 15) is 30.8 Å². The maximum absolute atomic E-state index is 13.5. The lowest BCUT2D eigenvalue weighted by Crippen LogP contribution is -2.47. The summed E-state index contributed by atoms with van der Waals surface area (Å²) in [6.45, 7) is 2.84. The molecule has 0 bridgehead atoms. The lowest BCUT2D eigenvalue weighted by atomic mass is 9.86. The molecule has 0 saturated carbocycles. The summed E-state index contributed by atoms with van der Waals surface area (Å²) in [5, 5.41) is 4.63. The third kappa shape index (κ3) is 5.79. The molecule has 3 aromatic rings. The van der Waals surface area contributed by atoms with E-state index in [0.29, 0.717) is 22.3 Å². The predicted octanol–water partition coefficient (Wildman–Crippen LogP) is 5.08. The van der Waals surface area contributed by atoms with Gasteiger partial charge in [0.2, 0.25) is 6.36 Å². The van der Waals surface area contributed by atoms with Crippen LogP contribution in [0.25, 0.3) is 22.3 Å². The molecule has 13 heteroatoms. The molecule has 0 N–H and O–H groups in total. The van der Waals surface area contributed by atoms with Crippen LogP contribution >= 0.6 is 0 Å². The van der Waals surface area contributed by atoms with Crippen molar-refractivity contribution in [2.24, 2.45) is 5.41 Å². The Morgan fingerprint density at radius 1 is 1.28 bits per heavy atom. The van der Waals surface area contributed by atoms with Crippen LogP contribution in [0.15, 0.2) is 36.5 Å². The van der Waals surface area contributed by atoms with E-state index in [-0.39, 0.29) is 54.5 Å². The Morgan fingerprint density at radius 2 is 2.03 bits per heavy atom. The van der Waals surface area contributed by atoms with Crippen molar-refractivity contribution in [2.75, 3.05) is 18.1 Å². The topological polar surface area (TPSA) is 100 Å². The monoisotopic (exact) mass is 569 g/mol. The first-order valence-electron chi connectivity index (χ1n) is 12.4. The number of Topliss-reactive ketones (excluding diaryl/α,β-unsaturated/α-hetero) is 1. The van der Waals surface area contributed by atoms with Crippen molar-refractivity contribution in [3.8, 4) is 17.0 Å². The minimum atomic E-state index is -4.54. The quantitative estimate of drug-likeness (QED) is 0.289. The van der Waals surface area contributed by atoms with E-state index in [0.717, 1.165) is 0 Å². The van der Waals surface area contributed by atoms with Crippen LogP contribution < -0.4 is 4.74 Å². The van der Waals surface area contributed by atoms with Crippen LogP contribution in [0.5, 0.6) is 5.75 Å². The van der Waals surface area contributed by atoms with Gasteiger partial charge in [0.05, 0.1) is 23.1 Å². The lowest BCUT2D eigenvalue weighted by molar-refractivity contribution is -0.234. The van der Waals surface area contributed by atoms with Gasteiger partial charge in [0.15, 0.2) is 21.7 Å². The second-order valence-corrected chi connectivity index (χ2v) is 12.7. The molecule has 39 heavy (non-hydrogen) atoms. The molecule has 2 unspecified atom stereocenters. The number of sulfone groups is 1. The highest BCUT2D eigenvalue weighted by Crippen LogP contribution is 2.39. The maximum Gasteiger partial charge on any atom is 0.414 e. The van der Waals surface area contributed by atoms with Crippen molar-refractivity contribution in [2.45, 2.75) is 57.8 Å². The van der Waals surface area contributed by atoms with Gasteiger partial charge in [-0.3, -0.25) is 14.5 Å². The third-order valence-corrected chi connectivity index (χ3v) is 9.24. The summed E-state index contributed by atoms with van der Waals surface area (Å²) < 4.78 is 88.8. The normalized spacial score (nSPS) is 23.2. The molecule has 2 aromatic heterocycles. The standard InChI is InChI=1S/C26H27F4N3O5S/c1-15(27)38-19-5-3-4-16(8-19)23-24-20(33(32-23)18-6-7-37-22(10-18)26(28,29)30)9-17(12-31-24)21(34)11-25(2)13-39(35,36)14-25/h3-5,8-9,12,15,18,22H,6-7,10-11,13-14H2,1-2H3/t15?,18?,22-/m1/s1. The number of aromatic nitrogens is 3. The van der Waals surface area contributed by atoms with Crippen molar-refractivity contribution >= 4 is 26.7 Å². The summed E-state index contributed by atoms with van der Waals surface area (Å²) in [5.41, 5.74) is 1.10. The van der Waals surface area contributed by atoms with Gasteiger partial charge in [0.1, 0.15) is 17.0 Å². The number of benzene rings is 1. The van der Waals surface area contributed by atoms with Gasteiger partial charge in [-0.05, 0) is 24.6 Å².